The summed E-state index contributed by atoms with van der Waals surface area (Å²) in [5.41, 5.74) is 0.945. The van der Waals surface area contributed by atoms with Crippen molar-refractivity contribution in [1.29, 1.82) is 0 Å². The first-order valence-corrected chi connectivity index (χ1v) is 9.58. The molecule has 1 amide bonds. The van der Waals surface area contributed by atoms with Crippen LogP contribution in [0.25, 0.3) is 0 Å². The first-order chi connectivity index (χ1) is 12.4. The predicted octanol–water partition coefficient (Wildman–Crippen LogP) is 3.93. The molecule has 4 rings (SSSR count). The normalized spacial score (nSPS) is 23.9. The molecule has 2 saturated heterocycles. The summed E-state index contributed by atoms with van der Waals surface area (Å²) in [5, 5.41) is 0. The van der Waals surface area contributed by atoms with Crippen molar-refractivity contribution in [3.05, 3.63) is 46.8 Å². The number of carbonyl (C=O) groups is 1. The Bertz CT molecular complexity index is 806. The van der Waals surface area contributed by atoms with Gasteiger partial charge in [-0.1, -0.05) is 0 Å². The van der Waals surface area contributed by atoms with Crippen LogP contribution in [0.4, 0.5) is 0 Å². The molecule has 2 aromatic heterocycles. The van der Waals surface area contributed by atoms with Crippen molar-refractivity contribution in [3.63, 3.8) is 0 Å². The lowest BCUT2D eigenvalue weighted by atomic mass is 9.79. The highest BCUT2D eigenvalue weighted by atomic mass is 16.3. The van der Waals surface area contributed by atoms with Crippen LogP contribution in [0.5, 0.6) is 0 Å². The van der Waals surface area contributed by atoms with E-state index >= 15 is 0 Å². The molecule has 5 nitrogen and oxygen atoms in total. The molecular formula is C21H28N2O3. The fraction of sp³-hybridized carbons (Fsp3) is 0.571. The molecule has 0 saturated carbocycles. The zero-order valence-electron chi connectivity index (χ0n) is 16.0. The Balaban J connectivity index is 1.43. The van der Waals surface area contributed by atoms with Crippen molar-refractivity contribution in [1.82, 2.24) is 9.80 Å². The quantitative estimate of drug-likeness (QED) is 0.836. The first kappa shape index (κ1) is 17.4. The van der Waals surface area contributed by atoms with E-state index in [0.717, 1.165) is 67.7 Å². The zero-order valence-corrected chi connectivity index (χ0v) is 16.0. The monoisotopic (exact) mass is 356 g/mol. The number of likely N-dealkylation sites (tertiary alicyclic amines) is 2. The van der Waals surface area contributed by atoms with Gasteiger partial charge in [-0.2, -0.15) is 0 Å². The van der Waals surface area contributed by atoms with Gasteiger partial charge in [-0.05, 0) is 64.8 Å². The fourth-order valence-corrected chi connectivity index (χ4v) is 4.69. The molecule has 4 heterocycles. The van der Waals surface area contributed by atoms with Crippen molar-refractivity contribution in [3.8, 4) is 0 Å². The van der Waals surface area contributed by atoms with Gasteiger partial charge in [0, 0.05) is 25.0 Å². The number of nitrogens with zero attached hydrogens (tertiary/aromatic N) is 2. The summed E-state index contributed by atoms with van der Waals surface area (Å²) in [4.78, 5) is 17.4. The molecule has 0 N–H and O–H groups in total. The van der Waals surface area contributed by atoms with Crippen LogP contribution in [-0.2, 0) is 6.54 Å². The van der Waals surface area contributed by atoms with Crippen molar-refractivity contribution in [2.24, 2.45) is 5.41 Å². The lowest BCUT2D eigenvalue weighted by Gasteiger charge is -2.40. The largest absolute Gasteiger partial charge is 0.466 e. The van der Waals surface area contributed by atoms with Crippen LogP contribution in [-0.4, -0.2) is 41.9 Å². The number of furan rings is 2. The van der Waals surface area contributed by atoms with Gasteiger partial charge in [0.05, 0.1) is 12.1 Å². The van der Waals surface area contributed by atoms with Crippen LogP contribution in [0.15, 0.2) is 27.0 Å². The maximum absolute atomic E-state index is 12.9. The molecule has 0 radical (unpaired) electrons. The number of amides is 1. The van der Waals surface area contributed by atoms with Crippen molar-refractivity contribution in [2.75, 3.05) is 26.2 Å². The van der Waals surface area contributed by atoms with Crippen molar-refractivity contribution < 1.29 is 13.6 Å². The lowest BCUT2D eigenvalue weighted by molar-refractivity contribution is 0.0657. The van der Waals surface area contributed by atoms with Gasteiger partial charge in [0.1, 0.15) is 23.0 Å². The van der Waals surface area contributed by atoms with E-state index in [1.54, 1.807) is 0 Å². The Morgan fingerprint density at radius 1 is 1.08 bits per heavy atom. The molecule has 0 aliphatic carbocycles. The average Bonchev–Trinajstić information content (AvgIpc) is 3.27. The molecule has 140 valence electrons. The standard InChI is InChI=1S/C21H28N2O3/c1-15-5-6-18(26-15)12-22-9-4-7-21(13-22)8-10-23(14-21)20(24)19-11-16(2)25-17(19)3/h5-6,11H,4,7-10,12-14H2,1-3H3. The van der Waals surface area contributed by atoms with Gasteiger partial charge in [0.2, 0.25) is 0 Å². The van der Waals surface area contributed by atoms with Gasteiger partial charge in [0.15, 0.2) is 0 Å². The van der Waals surface area contributed by atoms with E-state index in [1.807, 2.05) is 37.8 Å². The molecule has 2 fully saturated rings. The number of rotatable bonds is 3. The Labute approximate surface area is 154 Å². The Morgan fingerprint density at radius 3 is 2.62 bits per heavy atom. The molecule has 26 heavy (non-hydrogen) atoms. The molecular weight excluding hydrogens is 328 g/mol. The second-order valence-corrected chi connectivity index (χ2v) is 8.13. The van der Waals surface area contributed by atoms with Gasteiger partial charge in [-0.3, -0.25) is 9.69 Å². The number of carbonyl (C=O) groups excluding carboxylic acids is 1. The highest BCUT2D eigenvalue weighted by molar-refractivity contribution is 5.95. The second-order valence-electron chi connectivity index (χ2n) is 8.13. The van der Waals surface area contributed by atoms with Gasteiger partial charge in [-0.25, -0.2) is 0 Å². The van der Waals surface area contributed by atoms with Gasteiger partial charge < -0.3 is 13.7 Å². The maximum Gasteiger partial charge on any atom is 0.257 e. The smallest absolute Gasteiger partial charge is 0.257 e. The summed E-state index contributed by atoms with van der Waals surface area (Å²) in [5.74, 6) is 3.66. The molecule has 1 spiro atoms. The fourth-order valence-electron chi connectivity index (χ4n) is 4.69. The Kier molecular flexibility index (Phi) is 4.43. The molecule has 0 aromatic carbocycles. The van der Waals surface area contributed by atoms with Crippen LogP contribution in [0, 0.1) is 26.2 Å². The molecule has 0 bridgehead atoms. The molecule has 2 aromatic rings. The zero-order chi connectivity index (χ0) is 18.3. The predicted molar refractivity (Wildman–Crippen MR) is 99.1 cm³/mol. The van der Waals surface area contributed by atoms with Gasteiger partial charge in [-0.15, -0.1) is 0 Å². The molecule has 2 aliphatic rings. The number of hydrogen-bond acceptors (Lipinski definition) is 4. The number of piperidine rings is 1. The summed E-state index contributed by atoms with van der Waals surface area (Å²) in [7, 11) is 0. The van der Waals surface area contributed by atoms with E-state index in [9.17, 15) is 4.79 Å². The van der Waals surface area contributed by atoms with Crippen molar-refractivity contribution in [2.45, 2.75) is 46.6 Å². The SMILES string of the molecule is Cc1ccc(CN2CCCC3(CCN(C(=O)c4cc(C)oc4C)C3)C2)o1. The third-order valence-corrected chi connectivity index (χ3v) is 5.91. The van der Waals surface area contributed by atoms with Crippen LogP contribution < -0.4 is 0 Å². The minimum Gasteiger partial charge on any atom is -0.466 e. The second kappa shape index (κ2) is 6.62. The molecule has 1 atom stereocenters. The van der Waals surface area contributed by atoms with Gasteiger partial charge in [0.25, 0.3) is 5.91 Å². The number of hydrogen-bond donors (Lipinski definition) is 0. The van der Waals surface area contributed by atoms with E-state index in [-0.39, 0.29) is 11.3 Å². The summed E-state index contributed by atoms with van der Waals surface area (Å²) in [6.07, 6.45) is 3.47. The van der Waals surface area contributed by atoms with E-state index in [2.05, 4.69) is 11.0 Å². The Morgan fingerprint density at radius 2 is 1.92 bits per heavy atom. The molecule has 1 unspecified atom stereocenters. The topological polar surface area (TPSA) is 49.8 Å². The highest BCUT2D eigenvalue weighted by Crippen LogP contribution is 2.40. The average molecular weight is 356 g/mol. The van der Waals surface area contributed by atoms with Gasteiger partial charge >= 0.3 is 0 Å². The van der Waals surface area contributed by atoms with E-state index in [0.29, 0.717) is 0 Å². The first-order valence-electron chi connectivity index (χ1n) is 9.58. The summed E-state index contributed by atoms with van der Waals surface area (Å²) < 4.78 is 11.3. The summed E-state index contributed by atoms with van der Waals surface area (Å²) in [6.45, 7) is 10.5. The van der Waals surface area contributed by atoms with Crippen LogP contribution in [0.2, 0.25) is 0 Å². The van der Waals surface area contributed by atoms with E-state index < -0.39 is 0 Å². The highest BCUT2D eigenvalue weighted by Gasteiger charge is 2.43. The third-order valence-electron chi connectivity index (χ3n) is 5.91. The maximum atomic E-state index is 12.9. The minimum absolute atomic E-state index is 0.120. The van der Waals surface area contributed by atoms with Crippen LogP contribution in [0.1, 0.15) is 52.7 Å². The van der Waals surface area contributed by atoms with Crippen molar-refractivity contribution >= 4 is 5.91 Å². The molecule has 2 aliphatic heterocycles. The summed E-state index contributed by atoms with van der Waals surface area (Å²) >= 11 is 0. The summed E-state index contributed by atoms with van der Waals surface area (Å²) in [6, 6.07) is 5.97. The lowest BCUT2D eigenvalue weighted by Crippen LogP contribution is -2.45. The van der Waals surface area contributed by atoms with E-state index in [1.165, 1.54) is 12.8 Å². The van der Waals surface area contributed by atoms with Crippen LogP contribution in [0.3, 0.4) is 0 Å². The minimum atomic E-state index is 0.120. The van der Waals surface area contributed by atoms with E-state index in [4.69, 9.17) is 8.83 Å². The third kappa shape index (κ3) is 3.32. The molecule has 5 heteroatoms. The Hall–Kier alpha value is -2.01. The van der Waals surface area contributed by atoms with Crippen LogP contribution >= 0.6 is 0 Å². The number of aryl methyl sites for hydroxylation is 3.